The van der Waals surface area contributed by atoms with Crippen LogP contribution in [-0.2, 0) is 11.3 Å². The van der Waals surface area contributed by atoms with Crippen LogP contribution in [0.3, 0.4) is 0 Å². The minimum atomic E-state index is -0.354. The molecule has 0 aliphatic carbocycles. The lowest BCUT2D eigenvalue weighted by Crippen LogP contribution is -2.26. The molecule has 1 aromatic rings. The zero-order valence-electron chi connectivity index (χ0n) is 9.31. The van der Waals surface area contributed by atoms with Crippen molar-refractivity contribution in [2.75, 3.05) is 20.2 Å². The molecule has 0 unspecified atom stereocenters. The number of carbonyl (C=O) groups excluding carboxylic acids is 1. The highest BCUT2D eigenvalue weighted by Gasteiger charge is 2.23. The third kappa shape index (κ3) is 2.25. The predicted molar refractivity (Wildman–Crippen MR) is 57.9 cm³/mol. The van der Waals surface area contributed by atoms with Gasteiger partial charge in [-0.05, 0) is 12.5 Å². The summed E-state index contributed by atoms with van der Waals surface area (Å²) in [6.07, 6.45) is 2.51. The maximum atomic E-state index is 11.4. The molecular formula is C11H16N2O3. The summed E-state index contributed by atoms with van der Waals surface area (Å²) in [6.45, 7) is 2.41. The molecule has 5 nitrogen and oxygen atoms in total. The third-order valence-electron chi connectivity index (χ3n) is 2.83. The number of rotatable bonds is 3. The Hall–Kier alpha value is -1.33. The number of nitrogens with two attached hydrogens (primary N) is 1. The Morgan fingerprint density at radius 2 is 2.56 bits per heavy atom. The predicted octanol–water partition coefficient (Wildman–Crippen LogP) is 0.599. The summed E-state index contributed by atoms with van der Waals surface area (Å²) >= 11 is 0. The van der Waals surface area contributed by atoms with Crippen LogP contribution >= 0.6 is 0 Å². The van der Waals surface area contributed by atoms with E-state index in [2.05, 4.69) is 9.64 Å². The fraction of sp³-hybridized carbons (Fsp3) is 0.545. The minimum Gasteiger partial charge on any atom is -0.467 e. The second-order valence-electron chi connectivity index (χ2n) is 4.03. The molecule has 5 heteroatoms. The highest BCUT2D eigenvalue weighted by Crippen LogP contribution is 2.17. The molecule has 88 valence electrons. The van der Waals surface area contributed by atoms with E-state index >= 15 is 0 Å². The lowest BCUT2D eigenvalue weighted by atomic mass is 10.2. The highest BCUT2D eigenvalue weighted by atomic mass is 16.5. The molecule has 1 fully saturated rings. The molecule has 1 aromatic heterocycles. The zero-order valence-corrected chi connectivity index (χ0v) is 9.31. The molecule has 2 rings (SSSR count). The van der Waals surface area contributed by atoms with Crippen molar-refractivity contribution in [2.45, 2.75) is 19.0 Å². The quantitative estimate of drug-likeness (QED) is 0.761. The first kappa shape index (κ1) is 11.2. The monoisotopic (exact) mass is 224 g/mol. The van der Waals surface area contributed by atoms with E-state index in [4.69, 9.17) is 10.2 Å². The zero-order chi connectivity index (χ0) is 11.5. The van der Waals surface area contributed by atoms with Gasteiger partial charge in [0.15, 0.2) is 0 Å². The molecule has 0 radical (unpaired) electrons. The molecule has 0 bridgehead atoms. The van der Waals surface area contributed by atoms with Gasteiger partial charge in [0.2, 0.25) is 0 Å². The molecule has 2 N–H and O–H groups in total. The SMILES string of the molecule is COC(=O)c1ccoc1CN1CC[C@H](N)C1. The summed E-state index contributed by atoms with van der Waals surface area (Å²) in [5.74, 6) is 0.299. The van der Waals surface area contributed by atoms with Gasteiger partial charge < -0.3 is 14.9 Å². The van der Waals surface area contributed by atoms with E-state index in [1.165, 1.54) is 13.4 Å². The summed E-state index contributed by atoms with van der Waals surface area (Å²) < 4.78 is 9.98. The summed E-state index contributed by atoms with van der Waals surface area (Å²) in [5.41, 5.74) is 6.32. The molecule has 1 aliphatic heterocycles. The number of carbonyl (C=O) groups is 1. The summed E-state index contributed by atoms with van der Waals surface area (Å²) in [7, 11) is 1.37. The van der Waals surface area contributed by atoms with Crippen molar-refractivity contribution in [3.63, 3.8) is 0 Å². The number of furan rings is 1. The van der Waals surface area contributed by atoms with Crippen molar-refractivity contribution in [3.05, 3.63) is 23.7 Å². The Bertz CT molecular complexity index is 375. The van der Waals surface area contributed by atoms with Gasteiger partial charge >= 0.3 is 5.97 Å². The van der Waals surface area contributed by atoms with E-state index in [9.17, 15) is 4.79 Å². The molecule has 0 spiro atoms. The standard InChI is InChI=1S/C11H16N2O3/c1-15-11(14)9-3-5-16-10(9)7-13-4-2-8(12)6-13/h3,5,8H,2,4,6-7,12H2,1H3/t8-/m0/s1. The van der Waals surface area contributed by atoms with Gasteiger partial charge in [-0.25, -0.2) is 4.79 Å². The maximum absolute atomic E-state index is 11.4. The normalized spacial score (nSPS) is 21.2. The van der Waals surface area contributed by atoms with Gasteiger partial charge in [-0.1, -0.05) is 0 Å². The molecule has 16 heavy (non-hydrogen) atoms. The van der Waals surface area contributed by atoms with E-state index in [-0.39, 0.29) is 12.0 Å². The van der Waals surface area contributed by atoms with Crippen LogP contribution in [0.1, 0.15) is 22.5 Å². The first-order valence-electron chi connectivity index (χ1n) is 5.33. The maximum Gasteiger partial charge on any atom is 0.341 e. The first-order chi connectivity index (χ1) is 7.70. The molecule has 0 saturated carbocycles. The first-order valence-corrected chi connectivity index (χ1v) is 5.33. The Morgan fingerprint density at radius 3 is 3.19 bits per heavy atom. The van der Waals surface area contributed by atoms with Gasteiger partial charge in [0, 0.05) is 19.1 Å². The van der Waals surface area contributed by atoms with Gasteiger partial charge in [-0.15, -0.1) is 0 Å². The second-order valence-corrected chi connectivity index (χ2v) is 4.03. The Labute approximate surface area is 94.1 Å². The molecule has 1 atom stereocenters. The fourth-order valence-electron chi connectivity index (χ4n) is 1.96. The Kier molecular flexibility index (Phi) is 3.26. The van der Waals surface area contributed by atoms with Crippen LogP contribution in [0, 0.1) is 0 Å². The summed E-state index contributed by atoms with van der Waals surface area (Å²) in [6, 6.07) is 1.87. The van der Waals surface area contributed by atoms with Crippen molar-refractivity contribution in [1.82, 2.24) is 4.90 Å². The van der Waals surface area contributed by atoms with Crippen molar-refractivity contribution < 1.29 is 13.9 Å². The average molecular weight is 224 g/mol. The van der Waals surface area contributed by atoms with Gasteiger partial charge in [0.1, 0.15) is 11.3 Å². The molecular weight excluding hydrogens is 208 g/mol. The number of methoxy groups -OCH3 is 1. The fourth-order valence-corrected chi connectivity index (χ4v) is 1.96. The lowest BCUT2D eigenvalue weighted by molar-refractivity contribution is 0.0596. The molecule has 2 heterocycles. The lowest BCUT2D eigenvalue weighted by Gasteiger charge is -2.13. The Morgan fingerprint density at radius 1 is 1.75 bits per heavy atom. The molecule has 0 amide bonds. The van der Waals surface area contributed by atoms with Crippen molar-refractivity contribution in [2.24, 2.45) is 5.73 Å². The number of ether oxygens (including phenoxy) is 1. The molecule has 0 aromatic carbocycles. The number of likely N-dealkylation sites (tertiary alicyclic amines) is 1. The highest BCUT2D eigenvalue weighted by molar-refractivity contribution is 5.90. The smallest absolute Gasteiger partial charge is 0.341 e. The van der Waals surface area contributed by atoms with E-state index in [0.29, 0.717) is 17.9 Å². The largest absolute Gasteiger partial charge is 0.467 e. The number of esters is 1. The van der Waals surface area contributed by atoms with Gasteiger partial charge in [0.05, 0.1) is 19.9 Å². The van der Waals surface area contributed by atoms with Crippen molar-refractivity contribution in [1.29, 1.82) is 0 Å². The number of hydrogen-bond acceptors (Lipinski definition) is 5. The van der Waals surface area contributed by atoms with E-state index in [1.54, 1.807) is 6.07 Å². The number of hydrogen-bond donors (Lipinski definition) is 1. The van der Waals surface area contributed by atoms with Crippen LogP contribution in [0.15, 0.2) is 16.7 Å². The van der Waals surface area contributed by atoms with Crippen molar-refractivity contribution >= 4 is 5.97 Å². The topological polar surface area (TPSA) is 68.7 Å². The average Bonchev–Trinajstić information content (AvgIpc) is 2.87. The summed E-state index contributed by atoms with van der Waals surface area (Å²) in [5, 5.41) is 0. The van der Waals surface area contributed by atoms with Gasteiger partial charge in [-0.3, -0.25) is 4.90 Å². The molecule has 1 aliphatic rings. The van der Waals surface area contributed by atoms with E-state index < -0.39 is 0 Å². The number of nitrogens with zero attached hydrogens (tertiary/aromatic N) is 1. The van der Waals surface area contributed by atoms with Crippen molar-refractivity contribution in [3.8, 4) is 0 Å². The van der Waals surface area contributed by atoms with Crippen LogP contribution in [0.2, 0.25) is 0 Å². The third-order valence-corrected chi connectivity index (χ3v) is 2.83. The summed E-state index contributed by atoms with van der Waals surface area (Å²) in [4.78, 5) is 13.6. The van der Waals surface area contributed by atoms with Crippen LogP contribution in [0.4, 0.5) is 0 Å². The second kappa shape index (κ2) is 4.67. The van der Waals surface area contributed by atoms with Crippen LogP contribution in [-0.4, -0.2) is 37.1 Å². The van der Waals surface area contributed by atoms with Gasteiger partial charge in [0.25, 0.3) is 0 Å². The van der Waals surface area contributed by atoms with E-state index in [0.717, 1.165) is 19.5 Å². The van der Waals surface area contributed by atoms with E-state index in [1.807, 2.05) is 0 Å². The van der Waals surface area contributed by atoms with Crippen LogP contribution in [0.25, 0.3) is 0 Å². The molecule has 1 saturated heterocycles. The van der Waals surface area contributed by atoms with Crippen LogP contribution < -0.4 is 5.73 Å². The minimum absolute atomic E-state index is 0.233. The van der Waals surface area contributed by atoms with Crippen LogP contribution in [0.5, 0.6) is 0 Å². The van der Waals surface area contributed by atoms with Gasteiger partial charge in [-0.2, -0.15) is 0 Å². The Balaban J connectivity index is 2.04.